The maximum atomic E-state index is 10.7. The second kappa shape index (κ2) is 5.97. The number of carbonyl (C=O) groups is 2. The van der Waals surface area contributed by atoms with Crippen molar-refractivity contribution in [3.63, 3.8) is 0 Å². The van der Waals surface area contributed by atoms with Crippen molar-refractivity contribution in [1.29, 1.82) is 0 Å². The summed E-state index contributed by atoms with van der Waals surface area (Å²) >= 11 is 0.690. The molecule has 1 amide bonds. The van der Waals surface area contributed by atoms with Crippen LogP contribution in [0.15, 0.2) is 29.2 Å². The number of benzene rings is 1. The van der Waals surface area contributed by atoms with E-state index in [1.165, 1.54) is 7.11 Å². The largest absolute Gasteiger partial charge is 0.496 e. The topological polar surface area (TPSA) is 69.4 Å². The Morgan fingerprint density at radius 2 is 2.12 bits per heavy atom. The lowest BCUT2D eigenvalue weighted by Crippen LogP contribution is -2.02. The van der Waals surface area contributed by atoms with Gasteiger partial charge in [0.05, 0.1) is 12.0 Å². The Hall–Kier alpha value is -1.75. The number of carbonyl (C=O) groups excluding carboxylic acids is 2. The van der Waals surface area contributed by atoms with Gasteiger partial charge < -0.3 is 10.5 Å². The molecule has 0 aromatic heterocycles. The van der Waals surface area contributed by atoms with Gasteiger partial charge in [-0.3, -0.25) is 9.59 Å². The number of para-hydroxylation sites is 1. The lowest BCUT2D eigenvalue weighted by Gasteiger charge is -2.04. The van der Waals surface area contributed by atoms with Gasteiger partial charge in [-0.05, 0) is 23.9 Å². The number of amides is 1. The molecule has 0 saturated heterocycles. The van der Waals surface area contributed by atoms with Gasteiger partial charge in [0.15, 0.2) is 6.29 Å². The van der Waals surface area contributed by atoms with Gasteiger partial charge in [0.25, 0.3) is 5.24 Å². The zero-order valence-corrected chi connectivity index (χ0v) is 9.49. The summed E-state index contributed by atoms with van der Waals surface area (Å²) in [6, 6.07) is 7.18. The summed E-state index contributed by atoms with van der Waals surface area (Å²) in [7, 11) is 1.54. The standard InChI is InChI=1S/C11H11NO3S/c1-15-10-5-3-2-4-8(10)6-9(7-13)16-11(12)14/h2-7H,1H3,(H2,12,14)/b9-6-. The Bertz CT molecular complexity index is 429. The summed E-state index contributed by atoms with van der Waals surface area (Å²) < 4.78 is 5.11. The first kappa shape index (κ1) is 12.3. The smallest absolute Gasteiger partial charge is 0.281 e. The van der Waals surface area contributed by atoms with Crippen molar-refractivity contribution < 1.29 is 14.3 Å². The molecule has 0 bridgehead atoms. The first-order valence-electron chi connectivity index (χ1n) is 4.44. The van der Waals surface area contributed by atoms with E-state index in [0.717, 1.165) is 5.56 Å². The zero-order valence-electron chi connectivity index (χ0n) is 8.67. The molecule has 0 aliphatic heterocycles. The highest BCUT2D eigenvalue weighted by molar-refractivity contribution is 8.17. The van der Waals surface area contributed by atoms with Crippen LogP contribution in [0.25, 0.3) is 6.08 Å². The molecule has 1 aromatic carbocycles. The fourth-order valence-electron chi connectivity index (χ4n) is 1.14. The van der Waals surface area contributed by atoms with Crippen molar-refractivity contribution in [3.8, 4) is 5.75 Å². The number of hydrogen-bond donors (Lipinski definition) is 1. The molecule has 0 unspecified atom stereocenters. The van der Waals surface area contributed by atoms with Crippen LogP contribution in [-0.4, -0.2) is 18.6 Å². The molecule has 5 heteroatoms. The molecule has 0 radical (unpaired) electrons. The highest BCUT2D eigenvalue weighted by Crippen LogP contribution is 2.23. The van der Waals surface area contributed by atoms with E-state index in [9.17, 15) is 9.59 Å². The number of nitrogens with two attached hydrogens (primary N) is 1. The normalized spacial score (nSPS) is 10.9. The molecule has 0 aliphatic carbocycles. The third-order valence-electron chi connectivity index (χ3n) is 1.77. The third-order valence-corrected chi connectivity index (χ3v) is 2.42. The van der Waals surface area contributed by atoms with Crippen LogP contribution in [-0.2, 0) is 4.79 Å². The minimum atomic E-state index is -0.617. The molecule has 0 fully saturated rings. The molecule has 1 aromatic rings. The van der Waals surface area contributed by atoms with Crippen LogP contribution in [0.3, 0.4) is 0 Å². The molecule has 0 heterocycles. The second-order valence-electron chi connectivity index (χ2n) is 2.83. The van der Waals surface area contributed by atoms with Crippen molar-refractivity contribution in [2.45, 2.75) is 0 Å². The third kappa shape index (κ3) is 3.43. The van der Waals surface area contributed by atoms with Gasteiger partial charge in [-0.15, -0.1) is 0 Å². The van der Waals surface area contributed by atoms with Crippen LogP contribution < -0.4 is 10.5 Å². The highest BCUT2D eigenvalue weighted by Gasteiger charge is 2.04. The molecule has 2 N–H and O–H groups in total. The van der Waals surface area contributed by atoms with E-state index in [1.54, 1.807) is 18.2 Å². The Morgan fingerprint density at radius 1 is 1.44 bits per heavy atom. The summed E-state index contributed by atoms with van der Waals surface area (Å²) in [5, 5.41) is -0.617. The fourth-order valence-corrected chi connectivity index (χ4v) is 1.61. The summed E-state index contributed by atoms with van der Waals surface area (Å²) in [5.41, 5.74) is 5.71. The van der Waals surface area contributed by atoms with Gasteiger partial charge in [0.2, 0.25) is 0 Å². The number of primary amides is 1. The molecule has 0 saturated carbocycles. The van der Waals surface area contributed by atoms with Gasteiger partial charge in [0, 0.05) is 5.56 Å². The van der Waals surface area contributed by atoms with E-state index in [-0.39, 0.29) is 4.91 Å². The van der Waals surface area contributed by atoms with Crippen molar-refractivity contribution in [2.24, 2.45) is 5.73 Å². The zero-order chi connectivity index (χ0) is 12.0. The minimum Gasteiger partial charge on any atom is -0.496 e. The number of thioether (sulfide) groups is 1. The summed E-state index contributed by atoms with van der Waals surface area (Å²) in [6.07, 6.45) is 2.14. The van der Waals surface area contributed by atoms with E-state index in [2.05, 4.69) is 0 Å². The number of ether oxygens (including phenoxy) is 1. The van der Waals surface area contributed by atoms with Crippen LogP contribution in [0.2, 0.25) is 0 Å². The van der Waals surface area contributed by atoms with Crippen LogP contribution in [0.4, 0.5) is 4.79 Å². The highest BCUT2D eigenvalue weighted by atomic mass is 32.2. The lowest BCUT2D eigenvalue weighted by atomic mass is 10.2. The molecule has 0 atom stereocenters. The van der Waals surface area contributed by atoms with Gasteiger partial charge in [0.1, 0.15) is 5.75 Å². The predicted octanol–water partition coefficient (Wildman–Crippen LogP) is 2.05. The molecular formula is C11H11NO3S. The van der Waals surface area contributed by atoms with Gasteiger partial charge in [-0.2, -0.15) is 0 Å². The lowest BCUT2D eigenvalue weighted by molar-refractivity contribution is -0.104. The van der Waals surface area contributed by atoms with Gasteiger partial charge in [-0.25, -0.2) is 0 Å². The van der Waals surface area contributed by atoms with Crippen LogP contribution in [0, 0.1) is 0 Å². The van der Waals surface area contributed by atoms with E-state index in [1.807, 2.05) is 12.1 Å². The summed E-state index contributed by atoms with van der Waals surface area (Å²) in [4.78, 5) is 21.6. The van der Waals surface area contributed by atoms with Crippen LogP contribution in [0.5, 0.6) is 5.75 Å². The first-order chi connectivity index (χ1) is 7.67. The number of methoxy groups -OCH3 is 1. The van der Waals surface area contributed by atoms with Gasteiger partial charge >= 0.3 is 0 Å². The number of aldehydes is 1. The van der Waals surface area contributed by atoms with E-state index < -0.39 is 5.24 Å². The Balaban J connectivity index is 3.03. The minimum absolute atomic E-state index is 0.247. The van der Waals surface area contributed by atoms with Crippen LogP contribution >= 0.6 is 11.8 Å². The SMILES string of the molecule is COc1ccccc1/C=C(/C=O)SC(N)=O. The van der Waals surface area contributed by atoms with E-state index >= 15 is 0 Å². The van der Waals surface area contributed by atoms with Crippen molar-refractivity contribution in [2.75, 3.05) is 7.11 Å². The van der Waals surface area contributed by atoms with Crippen molar-refractivity contribution in [3.05, 3.63) is 34.7 Å². The molecule has 1 rings (SSSR count). The van der Waals surface area contributed by atoms with E-state index in [0.29, 0.717) is 23.8 Å². The Labute approximate surface area is 97.5 Å². The Kier molecular flexibility index (Phi) is 4.60. The Morgan fingerprint density at radius 3 is 2.69 bits per heavy atom. The fraction of sp³-hybridized carbons (Fsp3) is 0.0909. The quantitative estimate of drug-likeness (QED) is 0.642. The maximum Gasteiger partial charge on any atom is 0.281 e. The van der Waals surface area contributed by atoms with Crippen LogP contribution in [0.1, 0.15) is 5.56 Å². The summed E-state index contributed by atoms with van der Waals surface area (Å²) in [5.74, 6) is 0.631. The second-order valence-corrected chi connectivity index (χ2v) is 3.91. The molecular weight excluding hydrogens is 226 g/mol. The first-order valence-corrected chi connectivity index (χ1v) is 5.26. The summed E-state index contributed by atoms with van der Waals surface area (Å²) in [6.45, 7) is 0. The number of hydrogen-bond acceptors (Lipinski definition) is 4. The molecule has 84 valence electrons. The average molecular weight is 237 g/mol. The van der Waals surface area contributed by atoms with Gasteiger partial charge in [-0.1, -0.05) is 18.2 Å². The van der Waals surface area contributed by atoms with Crippen molar-refractivity contribution in [1.82, 2.24) is 0 Å². The number of allylic oxidation sites excluding steroid dienone is 1. The molecule has 0 aliphatic rings. The molecule has 0 spiro atoms. The number of rotatable bonds is 4. The monoisotopic (exact) mass is 237 g/mol. The molecule has 16 heavy (non-hydrogen) atoms. The maximum absolute atomic E-state index is 10.7. The van der Waals surface area contributed by atoms with E-state index in [4.69, 9.17) is 10.5 Å². The molecule has 4 nitrogen and oxygen atoms in total. The average Bonchev–Trinajstić information content (AvgIpc) is 2.28. The van der Waals surface area contributed by atoms with Crippen molar-refractivity contribution >= 4 is 29.4 Å². The predicted molar refractivity (Wildman–Crippen MR) is 64.2 cm³/mol.